The minimum absolute atomic E-state index is 0.0387. The lowest BCUT2D eigenvalue weighted by atomic mass is 9.95. The van der Waals surface area contributed by atoms with Gasteiger partial charge in [-0.1, -0.05) is 25.1 Å². The monoisotopic (exact) mass is 504 g/mol. The molecule has 1 saturated heterocycles. The molecule has 1 aromatic heterocycles. The van der Waals surface area contributed by atoms with Crippen LogP contribution in [0, 0.1) is 23.1 Å². The highest BCUT2D eigenvalue weighted by Gasteiger charge is 2.32. The number of rotatable bonds is 8. The van der Waals surface area contributed by atoms with Gasteiger partial charge in [0.15, 0.2) is 5.82 Å². The molecule has 3 rings (SSSR count). The van der Waals surface area contributed by atoms with E-state index in [1.54, 1.807) is 11.8 Å². The third kappa shape index (κ3) is 5.68. The number of carboxylic acid groups (broad SMARTS) is 1. The van der Waals surface area contributed by atoms with Crippen molar-refractivity contribution in [1.82, 2.24) is 9.71 Å². The number of pyridine rings is 1. The Morgan fingerprint density at radius 1 is 1.31 bits per heavy atom. The number of aromatic carboxylic acids is 1. The van der Waals surface area contributed by atoms with Crippen LogP contribution in [0.3, 0.4) is 0 Å². The number of aromatic nitrogens is 1. The maximum absolute atomic E-state index is 13.8. The fourth-order valence-corrected chi connectivity index (χ4v) is 5.30. The fourth-order valence-electron chi connectivity index (χ4n) is 4.11. The van der Waals surface area contributed by atoms with Crippen molar-refractivity contribution in [3.05, 3.63) is 52.3 Å². The number of amides is 1. The summed E-state index contributed by atoms with van der Waals surface area (Å²) in [6, 6.07) is 7.48. The van der Waals surface area contributed by atoms with Crippen LogP contribution in [0.2, 0.25) is 0 Å². The number of methoxy groups -OCH3 is 1. The fraction of sp³-hybridized carbons (Fsp3) is 0.391. The molecule has 0 saturated carbocycles. The molecule has 1 aliphatic rings. The molecule has 2 N–H and O–H groups in total. The Kier molecular flexibility index (Phi) is 7.91. The molecular weight excluding hydrogens is 479 g/mol. The Morgan fingerprint density at radius 2 is 1.97 bits per heavy atom. The SMILES string of the molecule is CCc1c(C#N)c(N2CCC(C(=O)NS(=O)(=O)Cc3ccccc3F)CC2)nc(OC)c1C(=O)O. The van der Waals surface area contributed by atoms with Gasteiger partial charge in [0.25, 0.3) is 0 Å². The number of ether oxygens (including phenoxy) is 1. The van der Waals surface area contributed by atoms with Crippen LogP contribution in [0.5, 0.6) is 5.88 Å². The molecule has 1 fully saturated rings. The van der Waals surface area contributed by atoms with E-state index in [4.69, 9.17) is 4.74 Å². The molecule has 0 atom stereocenters. The summed E-state index contributed by atoms with van der Waals surface area (Å²) in [5.41, 5.74) is 0.231. The van der Waals surface area contributed by atoms with Gasteiger partial charge in [-0.2, -0.15) is 10.2 Å². The molecular formula is C23H25FN4O6S. The van der Waals surface area contributed by atoms with Gasteiger partial charge in [0.05, 0.1) is 18.4 Å². The van der Waals surface area contributed by atoms with Crippen LogP contribution in [0.15, 0.2) is 24.3 Å². The molecule has 35 heavy (non-hydrogen) atoms. The summed E-state index contributed by atoms with van der Waals surface area (Å²) < 4.78 is 45.8. The smallest absolute Gasteiger partial charge is 0.341 e. The quantitative estimate of drug-likeness (QED) is 0.552. The molecule has 0 aliphatic carbocycles. The number of anilines is 1. The number of hydrogen-bond donors (Lipinski definition) is 2. The van der Waals surface area contributed by atoms with Crippen LogP contribution < -0.4 is 14.4 Å². The summed E-state index contributed by atoms with van der Waals surface area (Å²) in [5, 5.41) is 19.3. The lowest BCUT2D eigenvalue weighted by Crippen LogP contribution is -2.43. The minimum Gasteiger partial charge on any atom is -0.480 e. The van der Waals surface area contributed by atoms with Crippen LogP contribution in [-0.2, 0) is 27.0 Å². The molecule has 2 heterocycles. The van der Waals surface area contributed by atoms with E-state index in [2.05, 4.69) is 4.98 Å². The average Bonchev–Trinajstić information content (AvgIpc) is 2.83. The van der Waals surface area contributed by atoms with E-state index in [1.807, 2.05) is 10.8 Å². The second-order valence-corrected chi connectivity index (χ2v) is 9.74. The zero-order valence-corrected chi connectivity index (χ0v) is 20.1. The van der Waals surface area contributed by atoms with E-state index < -0.39 is 39.4 Å². The Hall–Kier alpha value is -3.72. The zero-order valence-electron chi connectivity index (χ0n) is 19.2. The maximum atomic E-state index is 13.8. The van der Waals surface area contributed by atoms with Crippen LogP contribution in [-0.4, -0.2) is 50.6 Å². The molecule has 2 aromatic rings. The number of piperidine rings is 1. The number of carbonyl (C=O) groups excluding carboxylic acids is 1. The number of hydrogen-bond acceptors (Lipinski definition) is 8. The Labute approximate surface area is 202 Å². The van der Waals surface area contributed by atoms with Crippen molar-refractivity contribution < 1.29 is 32.2 Å². The number of nitrogens with one attached hydrogen (secondary N) is 1. The van der Waals surface area contributed by atoms with Crippen molar-refractivity contribution in [3.8, 4) is 11.9 Å². The van der Waals surface area contributed by atoms with Crippen LogP contribution in [0.1, 0.15) is 46.8 Å². The van der Waals surface area contributed by atoms with Gasteiger partial charge in [-0.3, -0.25) is 9.52 Å². The Morgan fingerprint density at radius 3 is 2.51 bits per heavy atom. The van der Waals surface area contributed by atoms with Gasteiger partial charge in [-0.25, -0.2) is 17.6 Å². The van der Waals surface area contributed by atoms with Gasteiger partial charge in [0.2, 0.25) is 21.8 Å². The summed E-state index contributed by atoms with van der Waals surface area (Å²) in [7, 11) is -2.80. The van der Waals surface area contributed by atoms with Crippen molar-refractivity contribution in [2.75, 3.05) is 25.1 Å². The molecule has 0 unspecified atom stereocenters. The molecule has 10 nitrogen and oxygen atoms in total. The average molecular weight is 505 g/mol. The van der Waals surface area contributed by atoms with Gasteiger partial charge in [-0.15, -0.1) is 0 Å². The highest BCUT2D eigenvalue weighted by Crippen LogP contribution is 2.33. The van der Waals surface area contributed by atoms with E-state index in [9.17, 15) is 32.8 Å². The van der Waals surface area contributed by atoms with Gasteiger partial charge < -0.3 is 14.7 Å². The molecule has 12 heteroatoms. The van der Waals surface area contributed by atoms with Gasteiger partial charge in [0, 0.05) is 24.6 Å². The van der Waals surface area contributed by atoms with Gasteiger partial charge in [-0.05, 0) is 30.9 Å². The number of carbonyl (C=O) groups is 2. The largest absolute Gasteiger partial charge is 0.480 e. The Balaban J connectivity index is 1.74. The van der Waals surface area contributed by atoms with Crippen molar-refractivity contribution in [1.29, 1.82) is 5.26 Å². The lowest BCUT2D eigenvalue weighted by molar-refractivity contribution is -0.123. The molecule has 1 amide bonds. The number of halogens is 1. The predicted molar refractivity (Wildman–Crippen MR) is 124 cm³/mol. The molecule has 1 aromatic carbocycles. The first kappa shape index (κ1) is 25.9. The third-order valence-corrected chi connectivity index (χ3v) is 7.05. The molecule has 0 radical (unpaired) electrons. The molecule has 0 bridgehead atoms. The van der Waals surface area contributed by atoms with E-state index >= 15 is 0 Å². The van der Waals surface area contributed by atoms with E-state index in [0.29, 0.717) is 5.56 Å². The normalized spacial score (nSPS) is 14.3. The summed E-state index contributed by atoms with van der Waals surface area (Å²) in [4.78, 5) is 30.4. The summed E-state index contributed by atoms with van der Waals surface area (Å²) in [6.45, 7) is 2.29. The van der Waals surface area contributed by atoms with Crippen molar-refractivity contribution in [2.45, 2.75) is 31.9 Å². The predicted octanol–water partition coefficient (Wildman–Crippen LogP) is 2.22. The van der Waals surface area contributed by atoms with Crippen molar-refractivity contribution >= 4 is 27.7 Å². The van der Waals surface area contributed by atoms with Crippen LogP contribution in [0.25, 0.3) is 0 Å². The second kappa shape index (κ2) is 10.7. The number of nitriles is 1. The number of benzene rings is 1. The Bertz CT molecular complexity index is 1280. The number of sulfonamides is 1. The van der Waals surface area contributed by atoms with Gasteiger partial charge in [0.1, 0.15) is 17.4 Å². The maximum Gasteiger partial charge on any atom is 0.341 e. The van der Waals surface area contributed by atoms with E-state index in [-0.39, 0.29) is 60.7 Å². The lowest BCUT2D eigenvalue weighted by Gasteiger charge is -2.33. The summed E-state index contributed by atoms with van der Waals surface area (Å²) in [6.07, 6.45) is 0.825. The summed E-state index contributed by atoms with van der Waals surface area (Å²) in [5.74, 6) is -3.72. The molecule has 1 aliphatic heterocycles. The van der Waals surface area contributed by atoms with Crippen LogP contribution in [0.4, 0.5) is 10.2 Å². The standard InChI is InChI=1S/C23H25FN4O6S/c1-3-16-17(12-25)20(26-22(34-2)19(16)23(30)31)28-10-8-14(9-11-28)21(29)27-35(32,33)13-15-6-4-5-7-18(15)24/h4-7,14H,3,8-11,13H2,1-2H3,(H,27,29)(H,30,31). The van der Waals surface area contributed by atoms with Gasteiger partial charge >= 0.3 is 5.97 Å². The number of carboxylic acids is 1. The van der Waals surface area contributed by atoms with Crippen molar-refractivity contribution in [3.63, 3.8) is 0 Å². The highest BCUT2D eigenvalue weighted by atomic mass is 32.2. The summed E-state index contributed by atoms with van der Waals surface area (Å²) >= 11 is 0. The first-order valence-corrected chi connectivity index (χ1v) is 12.5. The van der Waals surface area contributed by atoms with E-state index in [1.165, 1.54) is 25.3 Å². The van der Waals surface area contributed by atoms with E-state index in [0.717, 1.165) is 6.07 Å². The minimum atomic E-state index is -4.09. The first-order valence-electron chi connectivity index (χ1n) is 10.9. The number of nitrogens with zero attached hydrogens (tertiary/aromatic N) is 3. The first-order chi connectivity index (χ1) is 16.6. The topological polar surface area (TPSA) is 150 Å². The van der Waals surface area contributed by atoms with Crippen molar-refractivity contribution in [2.24, 2.45) is 5.92 Å². The van der Waals surface area contributed by atoms with Crippen LogP contribution >= 0.6 is 0 Å². The second-order valence-electron chi connectivity index (χ2n) is 8.02. The highest BCUT2D eigenvalue weighted by molar-refractivity contribution is 7.89. The third-order valence-electron chi connectivity index (χ3n) is 5.85. The zero-order chi connectivity index (χ0) is 25.8. The molecule has 0 spiro atoms. The molecule has 186 valence electrons.